The lowest BCUT2D eigenvalue weighted by Gasteiger charge is -2.09. The van der Waals surface area contributed by atoms with Gasteiger partial charge in [-0.05, 0) is 24.3 Å². The van der Waals surface area contributed by atoms with Crippen molar-refractivity contribution in [3.05, 3.63) is 65.2 Å². The van der Waals surface area contributed by atoms with Crippen LogP contribution in [0.4, 0.5) is 0 Å². The number of carbonyl (C=O) groups excluding carboxylic acids is 1. The topological polar surface area (TPSA) is 72.7 Å². The summed E-state index contributed by atoms with van der Waals surface area (Å²) in [5.41, 5.74) is 5.13. The van der Waals surface area contributed by atoms with Gasteiger partial charge < -0.3 is 9.88 Å². The van der Waals surface area contributed by atoms with Gasteiger partial charge in [0.15, 0.2) is 5.82 Å². The largest absolute Gasteiger partial charge is 0.349 e. The van der Waals surface area contributed by atoms with Crippen molar-refractivity contribution in [1.82, 2.24) is 24.8 Å². The molecule has 0 aliphatic heterocycles. The zero-order chi connectivity index (χ0) is 17.1. The van der Waals surface area contributed by atoms with Gasteiger partial charge in [-0.25, -0.2) is 9.97 Å². The highest BCUT2D eigenvalue weighted by atomic mass is 32.1. The van der Waals surface area contributed by atoms with Gasteiger partial charge in [-0.1, -0.05) is 18.2 Å². The van der Waals surface area contributed by atoms with Crippen molar-refractivity contribution in [3.8, 4) is 11.5 Å². The van der Waals surface area contributed by atoms with E-state index in [1.54, 1.807) is 11.7 Å². The van der Waals surface area contributed by atoms with Gasteiger partial charge >= 0.3 is 0 Å². The Morgan fingerprint density at radius 2 is 2.00 bits per heavy atom. The van der Waals surface area contributed by atoms with E-state index in [1.165, 1.54) is 11.3 Å². The standard InChI is InChI=1S/C18H15N5OS/c24-17(20-9-13-5-3-4-8-19-13)10-23-16-7-2-1-6-14(16)22-18(23)15-11-25-12-21-15/h1-8,11-12H,9-10H2,(H,20,24). The number of pyridine rings is 1. The molecule has 25 heavy (non-hydrogen) atoms. The van der Waals surface area contributed by atoms with Gasteiger partial charge in [0.05, 0.1) is 28.8 Å². The molecule has 3 heterocycles. The van der Waals surface area contributed by atoms with Crippen LogP contribution < -0.4 is 5.32 Å². The number of nitrogens with one attached hydrogen (secondary N) is 1. The molecule has 1 amide bonds. The second kappa shape index (κ2) is 6.82. The number of thiazole rings is 1. The smallest absolute Gasteiger partial charge is 0.240 e. The van der Waals surface area contributed by atoms with Crippen molar-refractivity contribution >= 4 is 28.3 Å². The Bertz CT molecular complexity index is 995. The molecule has 0 aliphatic carbocycles. The molecular formula is C18H15N5OS. The summed E-state index contributed by atoms with van der Waals surface area (Å²) in [7, 11) is 0. The van der Waals surface area contributed by atoms with Crippen LogP contribution in [0.3, 0.4) is 0 Å². The fourth-order valence-corrected chi connectivity index (χ4v) is 3.18. The predicted octanol–water partition coefficient (Wildman–Crippen LogP) is 2.87. The molecule has 3 aromatic heterocycles. The zero-order valence-corrected chi connectivity index (χ0v) is 14.1. The minimum Gasteiger partial charge on any atom is -0.349 e. The molecule has 124 valence electrons. The number of benzene rings is 1. The first-order chi connectivity index (χ1) is 12.3. The summed E-state index contributed by atoms with van der Waals surface area (Å²) in [5.74, 6) is 0.612. The van der Waals surface area contributed by atoms with Crippen molar-refractivity contribution < 1.29 is 4.79 Å². The van der Waals surface area contributed by atoms with Crippen molar-refractivity contribution in [2.75, 3.05) is 0 Å². The number of aromatic nitrogens is 4. The van der Waals surface area contributed by atoms with Crippen LogP contribution in [0.5, 0.6) is 0 Å². The Labute approximate surface area is 148 Å². The molecule has 6 nitrogen and oxygen atoms in total. The molecule has 0 saturated heterocycles. The third-order valence-corrected chi connectivity index (χ3v) is 4.40. The van der Waals surface area contributed by atoms with E-state index < -0.39 is 0 Å². The summed E-state index contributed by atoms with van der Waals surface area (Å²) < 4.78 is 1.90. The monoisotopic (exact) mass is 349 g/mol. The summed E-state index contributed by atoms with van der Waals surface area (Å²) in [6, 6.07) is 13.4. The molecular weight excluding hydrogens is 334 g/mol. The summed E-state index contributed by atoms with van der Waals surface area (Å²) in [6.45, 7) is 0.582. The van der Waals surface area contributed by atoms with Gasteiger partial charge in [0, 0.05) is 11.6 Å². The number of hydrogen-bond acceptors (Lipinski definition) is 5. The van der Waals surface area contributed by atoms with E-state index in [-0.39, 0.29) is 12.5 Å². The molecule has 0 bridgehead atoms. The maximum atomic E-state index is 12.4. The Morgan fingerprint density at radius 1 is 1.12 bits per heavy atom. The van der Waals surface area contributed by atoms with Crippen molar-refractivity contribution in [2.45, 2.75) is 13.1 Å². The van der Waals surface area contributed by atoms with E-state index >= 15 is 0 Å². The molecule has 4 rings (SSSR count). The molecule has 0 unspecified atom stereocenters. The van der Waals surface area contributed by atoms with Gasteiger partial charge in [-0.15, -0.1) is 11.3 Å². The van der Waals surface area contributed by atoms with Gasteiger partial charge in [-0.3, -0.25) is 9.78 Å². The number of hydrogen-bond donors (Lipinski definition) is 1. The highest BCUT2D eigenvalue weighted by Crippen LogP contribution is 2.24. The van der Waals surface area contributed by atoms with Crippen LogP contribution in [0.1, 0.15) is 5.69 Å². The van der Waals surface area contributed by atoms with Crippen LogP contribution >= 0.6 is 11.3 Å². The Hall–Kier alpha value is -3.06. The average molecular weight is 349 g/mol. The number of imidazole rings is 1. The first-order valence-electron chi connectivity index (χ1n) is 7.82. The second-order valence-corrected chi connectivity index (χ2v) is 6.20. The average Bonchev–Trinajstić information content (AvgIpc) is 3.29. The van der Waals surface area contributed by atoms with E-state index in [0.29, 0.717) is 12.4 Å². The maximum absolute atomic E-state index is 12.4. The quantitative estimate of drug-likeness (QED) is 0.601. The van der Waals surface area contributed by atoms with E-state index in [1.807, 2.05) is 52.4 Å². The molecule has 0 fully saturated rings. The zero-order valence-electron chi connectivity index (χ0n) is 13.3. The number of para-hydroxylation sites is 2. The normalized spacial score (nSPS) is 10.9. The minimum absolute atomic E-state index is 0.0923. The molecule has 7 heteroatoms. The summed E-state index contributed by atoms with van der Waals surface area (Å²) in [5, 5.41) is 4.84. The fourth-order valence-electron chi connectivity index (χ4n) is 2.65. The van der Waals surface area contributed by atoms with Gasteiger partial charge in [0.25, 0.3) is 0 Å². The SMILES string of the molecule is O=C(Cn1c(-c2cscn2)nc2ccccc21)NCc1ccccn1. The molecule has 0 aliphatic rings. The molecule has 0 radical (unpaired) electrons. The lowest BCUT2D eigenvalue weighted by Crippen LogP contribution is -2.27. The number of amides is 1. The van der Waals surface area contributed by atoms with Crippen molar-refractivity contribution in [1.29, 1.82) is 0 Å². The predicted molar refractivity (Wildman–Crippen MR) is 96.9 cm³/mol. The van der Waals surface area contributed by atoms with Crippen molar-refractivity contribution in [3.63, 3.8) is 0 Å². The Morgan fingerprint density at radius 3 is 2.80 bits per heavy atom. The number of fused-ring (bicyclic) bond motifs is 1. The third-order valence-electron chi connectivity index (χ3n) is 3.81. The highest BCUT2D eigenvalue weighted by molar-refractivity contribution is 7.07. The van der Waals surface area contributed by atoms with Crippen LogP contribution in [-0.4, -0.2) is 25.4 Å². The summed E-state index contributed by atoms with van der Waals surface area (Å²) in [4.78, 5) is 25.6. The number of rotatable bonds is 5. The first kappa shape index (κ1) is 15.5. The summed E-state index contributed by atoms with van der Waals surface area (Å²) in [6.07, 6.45) is 1.71. The lowest BCUT2D eigenvalue weighted by molar-refractivity contribution is -0.121. The minimum atomic E-state index is -0.0923. The Balaban J connectivity index is 1.60. The van der Waals surface area contributed by atoms with Gasteiger partial charge in [0.1, 0.15) is 12.2 Å². The molecule has 1 N–H and O–H groups in total. The van der Waals surface area contributed by atoms with Crippen molar-refractivity contribution in [2.24, 2.45) is 0 Å². The fraction of sp³-hybridized carbons (Fsp3) is 0.111. The molecule has 0 atom stereocenters. The molecule has 4 aromatic rings. The Kier molecular flexibility index (Phi) is 4.22. The lowest BCUT2D eigenvalue weighted by atomic mass is 10.3. The van der Waals surface area contributed by atoms with Crippen LogP contribution in [0.25, 0.3) is 22.6 Å². The highest BCUT2D eigenvalue weighted by Gasteiger charge is 2.16. The van der Waals surface area contributed by atoms with Crippen LogP contribution in [0.15, 0.2) is 59.6 Å². The van der Waals surface area contributed by atoms with Crippen LogP contribution in [0, 0.1) is 0 Å². The maximum Gasteiger partial charge on any atom is 0.240 e. The first-order valence-corrected chi connectivity index (χ1v) is 8.76. The van der Waals surface area contributed by atoms with Gasteiger partial charge in [0.2, 0.25) is 5.91 Å². The van der Waals surface area contributed by atoms with E-state index in [0.717, 1.165) is 22.4 Å². The third kappa shape index (κ3) is 3.27. The van der Waals surface area contributed by atoms with Crippen LogP contribution in [0.2, 0.25) is 0 Å². The molecule has 0 spiro atoms. The van der Waals surface area contributed by atoms with Crippen LogP contribution in [-0.2, 0) is 17.9 Å². The van der Waals surface area contributed by atoms with Gasteiger partial charge in [-0.2, -0.15) is 0 Å². The summed E-state index contributed by atoms with van der Waals surface area (Å²) >= 11 is 1.51. The van der Waals surface area contributed by atoms with E-state index in [9.17, 15) is 4.79 Å². The van der Waals surface area contributed by atoms with E-state index in [2.05, 4.69) is 20.3 Å². The number of nitrogens with zero attached hydrogens (tertiary/aromatic N) is 4. The second-order valence-electron chi connectivity index (χ2n) is 5.48. The molecule has 1 aromatic carbocycles. The van der Waals surface area contributed by atoms with E-state index in [4.69, 9.17) is 0 Å². The number of carbonyl (C=O) groups is 1. The molecule has 0 saturated carbocycles.